The van der Waals surface area contributed by atoms with Crippen LogP contribution in [-0.4, -0.2) is 23.9 Å². The molecule has 4 rings (SSSR count). The lowest BCUT2D eigenvalue weighted by Crippen LogP contribution is -2.28. The molecule has 0 aliphatic carbocycles. The average Bonchev–Trinajstić information content (AvgIpc) is 3.06. The van der Waals surface area contributed by atoms with E-state index >= 15 is 0 Å². The molecule has 3 heteroatoms. The van der Waals surface area contributed by atoms with Crippen LogP contribution in [0.3, 0.4) is 0 Å². The highest BCUT2D eigenvalue weighted by atomic mass is 16.2. The van der Waals surface area contributed by atoms with E-state index in [1.54, 1.807) is 0 Å². The summed E-state index contributed by atoms with van der Waals surface area (Å²) >= 11 is 0. The molecule has 0 aromatic heterocycles. The second-order valence-corrected chi connectivity index (χ2v) is 6.60. The highest BCUT2D eigenvalue weighted by Crippen LogP contribution is 2.26. The van der Waals surface area contributed by atoms with Gasteiger partial charge in [-0.05, 0) is 54.1 Å². The SMILES string of the molecule is O=C(c1ccc([C@@H]2CCCNC2)cc1)N1Cc2ccccc2C1. The molecule has 1 amide bonds. The minimum atomic E-state index is 0.134. The molecule has 2 aliphatic heterocycles. The van der Waals surface area contributed by atoms with Crippen LogP contribution in [0.2, 0.25) is 0 Å². The lowest BCUT2D eigenvalue weighted by molar-refractivity contribution is 0.0751. The third-order valence-corrected chi connectivity index (χ3v) is 5.05. The van der Waals surface area contributed by atoms with Gasteiger partial charge in [0.15, 0.2) is 0 Å². The monoisotopic (exact) mass is 306 g/mol. The Morgan fingerprint density at radius 3 is 2.30 bits per heavy atom. The van der Waals surface area contributed by atoms with Crippen molar-refractivity contribution in [2.45, 2.75) is 31.8 Å². The van der Waals surface area contributed by atoms with E-state index in [0.29, 0.717) is 5.92 Å². The summed E-state index contributed by atoms with van der Waals surface area (Å²) in [5.41, 5.74) is 4.68. The maximum atomic E-state index is 12.7. The molecule has 118 valence electrons. The molecule has 3 nitrogen and oxygen atoms in total. The van der Waals surface area contributed by atoms with Crippen molar-refractivity contribution < 1.29 is 4.79 Å². The van der Waals surface area contributed by atoms with E-state index < -0.39 is 0 Å². The summed E-state index contributed by atoms with van der Waals surface area (Å²) in [6.45, 7) is 3.63. The maximum Gasteiger partial charge on any atom is 0.254 e. The van der Waals surface area contributed by atoms with Gasteiger partial charge in [0.05, 0.1) is 0 Å². The quantitative estimate of drug-likeness (QED) is 0.923. The van der Waals surface area contributed by atoms with E-state index in [9.17, 15) is 4.79 Å². The second kappa shape index (κ2) is 6.17. The number of amides is 1. The average molecular weight is 306 g/mol. The summed E-state index contributed by atoms with van der Waals surface area (Å²) in [6.07, 6.45) is 2.47. The molecular formula is C20H22N2O. The van der Waals surface area contributed by atoms with Crippen molar-refractivity contribution >= 4 is 5.91 Å². The summed E-state index contributed by atoms with van der Waals surface area (Å²) in [6, 6.07) is 16.6. The van der Waals surface area contributed by atoms with Crippen molar-refractivity contribution in [2.24, 2.45) is 0 Å². The van der Waals surface area contributed by atoms with Gasteiger partial charge in [0.1, 0.15) is 0 Å². The molecule has 2 aliphatic rings. The Morgan fingerprint density at radius 1 is 1.00 bits per heavy atom. The first-order valence-corrected chi connectivity index (χ1v) is 8.48. The molecule has 0 unspecified atom stereocenters. The number of hydrogen-bond donors (Lipinski definition) is 1. The fraction of sp³-hybridized carbons (Fsp3) is 0.350. The zero-order chi connectivity index (χ0) is 15.6. The molecule has 1 N–H and O–H groups in total. The van der Waals surface area contributed by atoms with Crippen LogP contribution in [0.15, 0.2) is 48.5 Å². The van der Waals surface area contributed by atoms with Gasteiger partial charge in [-0.25, -0.2) is 0 Å². The van der Waals surface area contributed by atoms with Gasteiger partial charge < -0.3 is 10.2 Å². The molecule has 0 bridgehead atoms. The number of rotatable bonds is 2. The first-order chi connectivity index (χ1) is 11.3. The van der Waals surface area contributed by atoms with Gasteiger partial charge >= 0.3 is 0 Å². The third kappa shape index (κ3) is 2.89. The fourth-order valence-electron chi connectivity index (χ4n) is 3.69. The van der Waals surface area contributed by atoms with Crippen LogP contribution in [0.1, 0.15) is 45.8 Å². The summed E-state index contributed by atoms with van der Waals surface area (Å²) in [7, 11) is 0. The van der Waals surface area contributed by atoms with Crippen LogP contribution < -0.4 is 5.32 Å². The molecule has 2 heterocycles. The number of hydrogen-bond acceptors (Lipinski definition) is 2. The molecule has 1 saturated heterocycles. The lowest BCUT2D eigenvalue weighted by Gasteiger charge is -2.23. The van der Waals surface area contributed by atoms with Gasteiger partial charge in [0.2, 0.25) is 0 Å². The van der Waals surface area contributed by atoms with E-state index in [2.05, 4.69) is 29.6 Å². The van der Waals surface area contributed by atoms with Crippen molar-refractivity contribution in [1.82, 2.24) is 10.2 Å². The first kappa shape index (κ1) is 14.5. The Bertz CT molecular complexity index is 677. The summed E-state index contributed by atoms with van der Waals surface area (Å²) in [4.78, 5) is 14.6. The Kier molecular flexibility index (Phi) is 3.88. The standard InChI is InChI=1S/C20H22N2O/c23-20(22-13-18-4-1-2-5-19(18)14-22)16-9-7-15(8-10-16)17-6-3-11-21-12-17/h1-2,4-5,7-10,17,21H,3,6,11-14H2/t17-/m1/s1. The van der Waals surface area contributed by atoms with Crippen molar-refractivity contribution in [2.75, 3.05) is 13.1 Å². The Labute approximate surface area is 137 Å². The molecule has 2 aromatic carbocycles. The smallest absolute Gasteiger partial charge is 0.254 e. The molecule has 1 fully saturated rings. The van der Waals surface area contributed by atoms with Crippen molar-refractivity contribution in [3.63, 3.8) is 0 Å². The Hall–Kier alpha value is -2.13. The number of nitrogens with one attached hydrogen (secondary N) is 1. The van der Waals surface area contributed by atoms with Crippen LogP contribution in [0.5, 0.6) is 0 Å². The van der Waals surface area contributed by atoms with Crippen LogP contribution in [0, 0.1) is 0 Å². The first-order valence-electron chi connectivity index (χ1n) is 8.48. The highest BCUT2D eigenvalue weighted by Gasteiger charge is 2.24. The topological polar surface area (TPSA) is 32.3 Å². The number of benzene rings is 2. The largest absolute Gasteiger partial charge is 0.330 e. The molecule has 0 radical (unpaired) electrons. The van der Waals surface area contributed by atoms with E-state index in [1.807, 2.05) is 29.2 Å². The van der Waals surface area contributed by atoms with Crippen LogP contribution in [-0.2, 0) is 13.1 Å². The normalized spacial score (nSPS) is 20.3. The molecule has 1 atom stereocenters. The minimum absolute atomic E-state index is 0.134. The van der Waals surface area contributed by atoms with E-state index in [0.717, 1.165) is 31.7 Å². The number of nitrogens with zero attached hydrogens (tertiary/aromatic N) is 1. The van der Waals surface area contributed by atoms with Crippen molar-refractivity contribution in [1.29, 1.82) is 0 Å². The number of carbonyl (C=O) groups is 1. The van der Waals surface area contributed by atoms with Gasteiger partial charge in [-0.15, -0.1) is 0 Å². The van der Waals surface area contributed by atoms with Gasteiger partial charge in [-0.2, -0.15) is 0 Å². The third-order valence-electron chi connectivity index (χ3n) is 5.05. The van der Waals surface area contributed by atoms with E-state index in [1.165, 1.54) is 29.5 Å². The minimum Gasteiger partial charge on any atom is -0.330 e. The van der Waals surface area contributed by atoms with Crippen molar-refractivity contribution in [3.8, 4) is 0 Å². The Balaban J connectivity index is 1.47. The van der Waals surface area contributed by atoms with Gasteiger partial charge in [0.25, 0.3) is 5.91 Å². The van der Waals surface area contributed by atoms with Crippen LogP contribution in [0.4, 0.5) is 0 Å². The fourth-order valence-corrected chi connectivity index (χ4v) is 3.69. The van der Waals surface area contributed by atoms with E-state index in [4.69, 9.17) is 0 Å². The van der Waals surface area contributed by atoms with Gasteiger partial charge in [-0.3, -0.25) is 4.79 Å². The molecule has 23 heavy (non-hydrogen) atoms. The predicted octanol–water partition coefficient (Wildman–Crippen LogP) is 3.31. The lowest BCUT2D eigenvalue weighted by atomic mass is 9.91. The van der Waals surface area contributed by atoms with Crippen LogP contribution >= 0.6 is 0 Å². The number of piperidine rings is 1. The zero-order valence-electron chi connectivity index (χ0n) is 13.3. The summed E-state index contributed by atoms with van der Waals surface area (Å²) in [5, 5.41) is 3.45. The molecule has 2 aromatic rings. The predicted molar refractivity (Wildman–Crippen MR) is 91.3 cm³/mol. The van der Waals surface area contributed by atoms with Gasteiger partial charge in [-0.1, -0.05) is 36.4 Å². The van der Waals surface area contributed by atoms with Crippen molar-refractivity contribution in [3.05, 3.63) is 70.8 Å². The highest BCUT2D eigenvalue weighted by molar-refractivity contribution is 5.94. The molecule has 0 saturated carbocycles. The molecule has 0 spiro atoms. The zero-order valence-corrected chi connectivity index (χ0v) is 13.3. The number of carbonyl (C=O) groups excluding carboxylic acids is 1. The van der Waals surface area contributed by atoms with Crippen LogP contribution in [0.25, 0.3) is 0 Å². The maximum absolute atomic E-state index is 12.7. The Morgan fingerprint density at radius 2 is 1.70 bits per heavy atom. The van der Waals surface area contributed by atoms with Gasteiger partial charge in [0, 0.05) is 25.2 Å². The summed E-state index contributed by atoms with van der Waals surface area (Å²) < 4.78 is 0. The number of fused-ring (bicyclic) bond motifs is 1. The summed E-state index contributed by atoms with van der Waals surface area (Å²) in [5.74, 6) is 0.721. The second-order valence-electron chi connectivity index (χ2n) is 6.60. The molecular weight excluding hydrogens is 284 g/mol. The van der Waals surface area contributed by atoms with E-state index in [-0.39, 0.29) is 5.91 Å².